The molecule has 1 atom stereocenters. The summed E-state index contributed by atoms with van der Waals surface area (Å²) >= 11 is 1.55. The molecule has 94 valence electrons. The number of hydrogen-bond donors (Lipinski definition) is 2. The van der Waals surface area contributed by atoms with Gasteiger partial charge >= 0.3 is 0 Å². The van der Waals surface area contributed by atoms with Crippen LogP contribution in [0.2, 0.25) is 0 Å². The molecule has 0 saturated heterocycles. The molecule has 1 aromatic heterocycles. The number of aliphatic hydroxyl groups excluding tert-OH is 1. The lowest BCUT2D eigenvalue weighted by Gasteiger charge is -2.06. The topological polar surface area (TPSA) is 62.2 Å². The average molecular weight is 254 g/mol. The second-order valence-electron chi connectivity index (χ2n) is 4.47. The van der Waals surface area contributed by atoms with E-state index >= 15 is 0 Å². The largest absolute Gasteiger partial charge is 0.384 e. The number of rotatable bonds is 2. The highest BCUT2D eigenvalue weighted by Gasteiger charge is 2.16. The summed E-state index contributed by atoms with van der Waals surface area (Å²) in [6, 6.07) is 0. The third-order valence-electron chi connectivity index (χ3n) is 2.96. The average Bonchev–Trinajstić information content (AvgIpc) is 2.60. The second kappa shape index (κ2) is 5.60. The number of thiazole rings is 1. The molecule has 1 aliphatic carbocycles. The molecule has 0 aliphatic heterocycles. The molecule has 0 saturated carbocycles. The predicted octanol–water partition coefficient (Wildman–Crippen LogP) is 2.12. The maximum absolute atomic E-state index is 11.4. The molecule has 1 heterocycles. The van der Waals surface area contributed by atoms with Crippen molar-refractivity contribution in [2.75, 3.05) is 5.32 Å². The zero-order chi connectivity index (χ0) is 12.3. The fourth-order valence-corrected chi connectivity index (χ4v) is 3.02. The summed E-state index contributed by atoms with van der Waals surface area (Å²) < 4.78 is 0. The summed E-state index contributed by atoms with van der Waals surface area (Å²) in [5.74, 6) is -0.383. The number of amides is 1. The number of aliphatic hydroxyl groups is 1. The van der Waals surface area contributed by atoms with Crippen LogP contribution in [0.3, 0.4) is 0 Å². The van der Waals surface area contributed by atoms with Crippen molar-refractivity contribution in [3.8, 4) is 0 Å². The molecular weight excluding hydrogens is 236 g/mol. The fraction of sp³-hybridized carbons (Fsp3) is 0.667. The Hall–Kier alpha value is -0.940. The molecule has 0 fully saturated rings. The number of hydrogen-bond acceptors (Lipinski definition) is 4. The number of aromatic nitrogens is 1. The van der Waals surface area contributed by atoms with Crippen molar-refractivity contribution >= 4 is 22.4 Å². The maximum Gasteiger partial charge on any atom is 0.254 e. The molecule has 4 nitrogen and oxygen atoms in total. The van der Waals surface area contributed by atoms with Crippen LogP contribution in [0.5, 0.6) is 0 Å². The third kappa shape index (κ3) is 3.26. The van der Waals surface area contributed by atoms with Gasteiger partial charge in [-0.2, -0.15) is 0 Å². The van der Waals surface area contributed by atoms with Crippen molar-refractivity contribution in [3.05, 3.63) is 10.6 Å². The second-order valence-corrected chi connectivity index (χ2v) is 5.55. The molecular formula is C12H18N2O2S. The molecule has 0 bridgehead atoms. The fourth-order valence-electron chi connectivity index (χ4n) is 1.97. The number of carbonyl (C=O) groups excluding carboxylic acids is 1. The van der Waals surface area contributed by atoms with Gasteiger partial charge in [0.1, 0.15) is 6.10 Å². The van der Waals surface area contributed by atoms with Crippen molar-refractivity contribution in [1.82, 2.24) is 4.98 Å². The van der Waals surface area contributed by atoms with Crippen molar-refractivity contribution in [2.24, 2.45) is 0 Å². The minimum Gasteiger partial charge on any atom is -0.384 e. The van der Waals surface area contributed by atoms with Gasteiger partial charge in [-0.05, 0) is 32.6 Å². The van der Waals surface area contributed by atoms with Crippen LogP contribution in [0, 0.1) is 0 Å². The number of aryl methyl sites for hydroxylation is 2. The Labute approximate surface area is 105 Å². The van der Waals surface area contributed by atoms with Crippen molar-refractivity contribution in [2.45, 2.75) is 51.6 Å². The van der Waals surface area contributed by atoms with Crippen molar-refractivity contribution in [1.29, 1.82) is 0 Å². The highest BCUT2D eigenvalue weighted by molar-refractivity contribution is 7.15. The van der Waals surface area contributed by atoms with E-state index in [2.05, 4.69) is 10.3 Å². The van der Waals surface area contributed by atoms with E-state index in [-0.39, 0.29) is 5.91 Å². The van der Waals surface area contributed by atoms with Gasteiger partial charge in [0, 0.05) is 4.88 Å². The van der Waals surface area contributed by atoms with Gasteiger partial charge < -0.3 is 5.11 Å². The summed E-state index contributed by atoms with van der Waals surface area (Å²) in [6.45, 7) is 1.46. The molecule has 1 aliphatic rings. The first-order valence-corrected chi connectivity index (χ1v) is 6.96. The molecule has 2 rings (SSSR count). The van der Waals surface area contributed by atoms with Crippen LogP contribution in [0.4, 0.5) is 5.13 Å². The smallest absolute Gasteiger partial charge is 0.254 e. The Morgan fingerprint density at radius 3 is 2.76 bits per heavy atom. The first kappa shape index (κ1) is 12.5. The van der Waals surface area contributed by atoms with E-state index in [0.29, 0.717) is 5.13 Å². The molecule has 1 unspecified atom stereocenters. The van der Waals surface area contributed by atoms with Gasteiger partial charge in [-0.3, -0.25) is 10.1 Å². The van der Waals surface area contributed by atoms with E-state index in [1.807, 2.05) is 0 Å². The first-order valence-electron chi connectivity index (χ1n) is 6.14. The van der Waals surface area contributed by atoms with Crippen LogP contribution in [0.25, 0.3) is 0 Å². The zero-order valence-electron chi connectivity index (χ0n) is 10.0. The van der Waals surface area contributed by atoms with Gasteiger partial charge in [0.25, 0.3) is 5.91 Å². The summed E-state index contributed by atoms with van der Waals surface area (Å²) in [5, 5.41) is 12.4. The minimum absolute atomic E-state index is 0.383. The van der Waals surface area contributed by atoms with Gasteiger partial charge in [-0.15, -0.1) is 11.3 Å². The molecule has 1 aromatic rings. The van der Waals surface area contributed by atoms with Gasteiger partial charge in [0.15, 0.2) is 5.13 Å². The Morgan fingerprint density at radius 1 is 1.35 bits per heavy atom. The van der Waals surface area contributed by atoms with Crippen LogP contribution >= 0.6 is 11.3 Å². The first-order chi connectivity index (χ1) is 8.16. The zero-order valence-corrected chi connectivity index (χ0v) is 10.8. The van der Waals surface area contributed by atoms with Gasteiger partial charge in [-0.25, -0.2) is 4.98 Å². The van der Waals surface area contributed by atoms with Crippen LogP contribution in [0.1, 0.15) is 43.2 Å². The summed E-state index contributed by atoms with van der Waals surface area (Å²) in [7, 11) is 0. The lowest BCUT2D eigenvalue weighted by atomic mass is 10.0. The van der Waals surface area contributed by atoms with Crippen LogP contribution in [0.15, 0.2) is 0 Å². The molecule has 1 amide bonds. The number of nitrogens with zero attached hydrogens (tertiary/aromatic N) is 1. The molecule has 0 radical (unpaired) electrons. The molecule has 5 heteroatoms. The molecule has 2 N–H and O–H groups in total. The van der Waals surface area contributed by atoms with E-state index in [0.717, 1.165) is 18.5 Å². The highest BCUT2D eigenvalue weighted by Crippen LogP contribution is 2.28. The van der Waals surface area contributed by atoms with Gasteiger partial charge in [0.05, 0.1) is 5.69 Å². The van der Waals surface area contributed by atoms with Gasteiger partial charge in [-0.1, -0.05) is 12.8 Å². The normalized spacial score (nSPS) is 17.8. The highest BCUT2D eigenvalue weighted by atomic mass is 32.1. The monoisotopic (exact) mass is 254 g/mol. The Bertz CT molecular complexity index is 376. The quantitative estimate of drug-likeness (QED) is 0.849. The van der Waals surface area contributed by atoms with Crippen LogP contribution in [-0.2, 0) is 17.6 Å². The third-order valence-corrected chi connectivity index (χ3v) is 4.03. The molecule has 0 spiro atoms. The Morgan fingerprint density at radius 2 is 2.06 bits per heavy atom. The number of carbonyl (C=O) groups is 1. The lowest BCUT2D eigenvalue weighted by Crippen LogP contribution is -2.24. The lowest BCUT2D eigenvalue weighted by molar-refractivity contribution is -0.123. The summed E-state index contributed by atoms with van der Waals surface area (Å²) in [6.07, 6.45) is 6.04. The van der Waals surface area contributed by atoms with Crippen molar-refractivity contribution < 1.29 is 9.90 Å². The summed E-state index contributed by atoms with van der Waals surface area (Å²) in [5.41, 5.74) is 1.13. The van der Waals surface area contributed by atoms with E-state index in [4.69, 9.17) is 5.11 Å². The van der Waals surface area contributed by atoms with Crippen LogP contribution in [-0.4, -0.2) is 22.1 Å². The Balaban J connectivity index is 2.09. The van der Waals surface area contributed by atoms with Crippen molar-refractivity contribution in [3.63, 3.8) is 0 Å². The maximum atomic E-state index is 11.4. The summed E-state index contributed by atoms with van der Waals surface area (Å²) in [4.78, 5) is 17.1. The molecule has 17 heavy (non-hydrogen) atoms. The predicted molar refractivity (Wildman–Crippen MR) is 68.3 cm³/mol. The molecule has 0 aromatic carbocycles. The Kier molecular flexibility index (Phi) is 4.12. The van der Waals surface area contributed by atoms with Gasteiger partial charge in [0.2, 0.25) is 0 Å². The van der Waals surface area contributed by atoms with E-state index < -0.39 is 6.10 Å². The number of nitrogens with one attached hydrogen (secondary N) is 1. The SMILES string of the molecule is CC(O)C(=O)Nc1nc2c(s1)CCCCCC2. The van der Waals surface area contributed by atoms with E-state index in [1.165, 1.54) is 37.5 Å². The van der Waals surface area contributed by atoms with E-state index in [9.17, 15) is 4.79 Å². The minimum atomic E-state index is -0.985. The number of fused-ring (bicyclic) bond motifs is 1. The van der Waals surface area contributed by atoms with E-state index in [1.54, 1.807) is 11.3 Å². The number of anilines is 1. The standard InChI is InChI=1S/C12H18N2O2S/c1-8(15)11(16)14-12-13-9-6-4-2-3-5-7-10(9)17-12/h8,15H,2-7H2,1H3,(H,13,14,16). The van der Waals surface area contributed by atoms with Crippen LogP contribution < -0.4 is 5.32 Å².